The van der Waals surface area contributed by atoms with E-state index >= 15 is 0 Å². The van der Waals surface area contributed by atoms with Crippen LogP contribution in [0.25, 0.3) is 0 Å². The SMILES string of the molecule is C=CCCC1CCC([C@H]2[C@H](C3CCC(CCC)CC3)OC2(F)F)CC1. The molecule has 2 atom stereocenters. The third-order valence-corrected chi connectivity index (χ3v) is 7.27. The minimum absolute atomic E-state index is 0.169. The van der Waals surface area contributed by atoms with Gasteiger partial charge >= 0.3 is 6.11 Å². The third kappa shape index (κ3) is 4.46. The van der Waals surface area contributed by atoms with Crippen LogP contribution in [0.15, 0.2) is 12.7 Å². The molecule has 2 aliphatic carbocycles. The summed E-state index contributed by atoms with van der Waals surface area (Å²) in [5.41, 5.74) is 0. The largest absolute Gasteiger partial charge is 0.361 e. The number of hydrogen-bond acceptors (Lipinski definition) is 1. The van der Waals surface area contributed by atoms with E-state index < -0.39 is 12.0 Å². The second-order valence-electron chi connectivity index (χ2n) is 8.89. The van der Waals surface area contributed by atoms with Gasteiger partial charge in [-0.1, -0.05) is 51.5 Å². The van der Waals surface area contributed by atoms with Crippen molar-refractivity contribution in [1.29, 1.82) is 0 Å². The average Bonchev–Trinajstić information content (AvgIpc) is 2.60. The van der Waals surface area contributed by atoms with Gasteiger partial charge < -0.3 is 4.74 Å². The van der Waals surface area contributed by atoms with Crippen molar-refractivity contribution in [2.24, 2.45) is 29.6 Å². The maximum absolute atomic E-state index is 14.3. The molecule has 3 heteroatoms. The fraction of sp³-hybridized carbons (Fsp3) is 0.909. The van der Waals surface area contributed by atoms with Crippen molar-refractivity contribution >= 4 is 0 Å². The first-order valence-electron chi connectivity index (χ1n) is 10.7. The lowest BCUT2D eigenvalue weighted by Gasteiger charge is -2.53. The molecule has 1 saturated heterocycles. The number of alkyl halides is 2. The van der Waals surface area contributed by atoms with E-state index in [4.69, 9.17) is 4.74 Å². The van der Waals surface area contributed by atoms with Crippen LogP contribution in [-0.2, 0) is 4.74 Å². The van der Waals surface area contributed by atoms with Gasteiger partial charge in [0.05, 0.1) is 12.0 Å². The zero-order chi connectivity index (χ0) is 17.9. The molecule has 3 aliphatic rings. The van der Waals surface area contributed by atoms with Crippen LogP contribution in [0.3, 0.4) is 0 Å². The summed E-state index contributed by atoms with van der Waals surface area (Å²) in [6, 6.07) is 0. The van der Waals surface area contributed by atoms with Gasteiger partial charge in [0, 0.05) is 0 Å². The maximum Gasteiger partial charge on any atom is 0.361 e. The van der Waals surface area contributed by atoms with Crippen LogP contribution < -0.4 is 0 Å². The fourth-order valence-corrected chi connectivity index (χ4v) is 5.79. The highest BCUT2D eigenvalue weighted by Crippen LogP contribution is 2.55. The Kier molecular flexibility index (Phi) is 6.57. The monoisotopic (exact) mass is 354 g/mol. The van der Waals surface area contributed by atoms with Gasteiger partial charge in [-0.3, -0.25) is 0 Å². The molecular formula is C22H36F2O. The summed E-state index contributed by atoms with van der Waals surface area (Å²) in [6.45, 7) is 6.03. The van der Waals surface area contributed by atoms with Crippen LogP contribution in [0.1, 0.15) is 84.0 Å². The zero-order valence-corrected chi connectivity index (χ0v) is 15.9. The maximum atomic E-state index is 14.3. The van der Waals surface area contributed by atoms with Crippen LogP contribution in [0.5, 0.6) is 0 Å². The topological polar surface area (TPSA) is 9.23 Å². The minimum Gasteiger partial charge on any atom is -0.316 e. The lowest BCUT2D eigenvalue weighted by atomic mass is 9.65. The molecule has 0 unspecified atom stereocenters. The van der Waals surface area contributed by atoms with Crippen molar-refractivity contribution in [2.45, 2.75) is 96.2 Å². The van der Waals surface area contributed by atoms with Gasteiger partial charge in [0.1, 0.15) is 0 Å². The summed E-state index contributed by atoms with van der Waals surface area (Å²) in [7, 11) is 0. The van der Waals surface area contributed by atoms with Crippen LogP contribution in [0.2, 0.25) is 0 Å². The second kappa shape index (κ2) is 8.50. The Morgan fingerprint density at radius 3 is 2.00 bits per heavy atom. The predicted molar refractivity (Wildman–Crippen MR) is 98.5 cm³/mol. The summed E-state index contributed by atoms with van der Waals surface area (Å²) in [4.78, 5) is 0. The molecule has 0 N–H and O–H groups in total. The summed E-state index contributed by atoms with van der Waals surface area (Å²) in [5, 5.41) is 0. The van der Waals surface area contributed by atoms with Crippen molar-refractivity contribution in [3.05, 3.63) is 12.7 Å². The van der Waals surface area contributed by atoms with Crippen LogP contribution in [-0.4, -0.2) is 12.2 Å². The second-order valence-corrected chi connectivity index (χ2v) is 8.89. The number of hydrogen-bond donors (Lipinski definition) is 0. The summed E-state index contributed by atoms with van der Waals surface area (Å²) < 4.78 is 33.7. The average molecular weight is 355 g/mol. The van der Waals surface area contributed by atoms with Crippen LogP contribution in [0, 0.1) is 29.6 Å². The first-order chi connectivity index (χ1) is 12.0. The van der Waals surface area contributed by atoms with E-state index in [0.717, 1.165) is 50.9 Å². The van der Waals surface area contributed by atoms with Gasteiger partial charge in [-0.05, 0) is 62.2 Å². The quantitative estimate of drug-likeness (QED) is 0.448. The highest BCUT2D eigenvalue weighted by molar-refractivity contribution is 4.98. The van der Waals surface area contributed by atoms with Crippen molar-refractivity contribution in [3.63, 3.8) is 0 Å². The molecule has 3 fully saturated rings. The van der Waals surface area contributed by atoms with Crippen molar-refractivity contribution in [2.75, 3.05) is 0 Å². The summed E-state index contributed by atoms with van der Waals surface area (Å²) in [5.74, 6) is 1.56. The van der Waals surface area contributed by atoms with Gasteiger partial charge in [-0.15, -0.1) is 6.58 Å². The molecule has 0 bridgehead atoms. The van der Waals surface area contributed by atoms with Crippen molar-refractivity contribution < 1.29 is 13.5 Å². The fourth-order valence-electron chi connectivity index (χ4n) is 5.79. The van der Waals surface area contributed by atoms with E-state index in [0.29, 0.717) is 11.8 Å². The van der Waals surface area contributed by atoms with Gasteiger partial charge in [-0.25, -0.2) is 0 Å². The number of halogens is 2. The van der Waals surface area contributed by atoms with Gasteiger partial charge in [0.25, 0.3) is 0 Å². The Morgan fingerprint density at radius 1 is 0.920 bits per heavy atom. The highest BCUT2D eigenvalue weighted by atomic mass is 19.3. The Morgan fingerprint density at radius 2 is 1.48 bits per heavy atom. The van der Waals surface area contributed by atoms with Crippen LogP contribution >= 0.6 is 0 Å². The van der Waals surface area contributed by atoms with E-state index in [9.17, 15) is 8.78 Å². The first-order valence-corrected chi connectivity index (χ1v) is 10.7. The number of allylic oxidation sites excluding steroid dienone is 1. The van der Waals surface area contributed by atoms with E-state index in [1.54, 1.807) is 0 Å². The predicted octanol–water partition coefficient (Wildman–Crippen LogP) is 6.97. The smallest absolute Gasteiger partial charge is 0.316 e. The van der Waals surface area contributed by atoms with E-state index in [2.05, 4.69) is 13.5 Å². The standard InChI is InChI=1S/C22H36F2O/c1-3-5-7-17-8-12-18(13-9-17)20-21(25-22(20,23)24)19-14-10-16(6-4-2)11-15-19/h3,16-21H,1,4-15H2,2H3/t16?,17?,18?,19?,20-,21-/m0/s1. The van der Waals surface area contributed by atoms with E-state index in [-0.39, 0.29) is 12.0 Å². The molecule has 144 valence electrons. The molecule has 0 aromatic rings. The van der Waals surface area contributed by atoms with Crippen molar-refractivity contribution in [1.82, 2.24) is 0 Å². The van der Waals surface area contributed by atoms with Crippen LogP contribution in [0.4, 0.5) is 8.78 Å². The van der Waals surface area contributed by atoms with Crippen molar-refractivity contribution in [3.8, 4) is 0 Å². The molecule has 0 amide bonds. The third-order valence-electron chi connectivity index (χ3n) is 7.27. The molecule has 1 aliphatic heterocycles. The molecular weight excluding hydrogens is 318 g/mol. The highest BCUT2D eigenvalue weighted by Gasteiger charge is 2.62. The molecule has 1 heterocycles. The number of ether oxygens (including phenoxy) is 1. The molecule has 0 aromatic carbocycles. The van der Waals surface area contributed by atoms with Gasteiger partial charge in [-0.2, -0.15) is 8.78 Å². The van der Waals surface area contributed by atoms with E-state index in [1.807, 2.05) is 6.08 Å². The summed E-state index contributed by atoms with van der Waals surface area (Å²) in [6.07, 6.45) is 12.5. The molecule has 25 heavy (non-hydrogen) atoms. The molecule has 0 aromatic heterocycles. The lowest BCUT2D eigenvalue weighted by Crippen LogP contribution is -2.61. The summed E-state index contributed by atoms with van der Waals surface area (Å²) >= 11 is 0. The Bertz CT molecular complexity index is 420. The normalized spacial score (nSPS) is 41.1. The molecule has 2 saturated carbocycles. The molecule has 1 nitrogen and oxygen atoms in total. The number of rotatable bonds is 7. The molecule has 0 radical (unpaired) electrons. The Labute approximate surface area is 152 Å². The van der Waals surface area contributed by atoms with Gasteiger partial charge in [0.15, 0.2) is 0 Å². The Hall–Kier alpha value is -0.440. The zero-order valence-electron chi connectivity index (χ0n) is 15.9. The Balaban J connectivity index is 1.52. The first kappa shape index (κ1) is 19.3. The van der Waals surface area contributed by atoms with Gasteiger partial charge in [0.2, 0.25) is 0 Å². The molecule has 3 rings (SSSR count). The molecule has 0 spiro atoms. The lowest BCUT2D eigenvalue weighted by molar-refractivity contribution is -0.418. The minimum atomic E-state index is -2.87. The van der Waals surface area contributed by atoms with E-state index in [1.165, 1.54) is 32.1 Å².